The molecule has 0 fully saturated rings. The van der Waals surface area contributed by atoms with Gasteiger partial charge in [0, 0.05) is 12.7 Å². The first-order chi connectivity index (χ1) is 13.0. The normalized spacial score (nSPS) is 12.4. The van der Waals surface area contributed by atoms with Gasteiger partial charge >= 0.3 is 13.3 Å². The van der Waals surface area contributed by atoms with Gasteiger partial charge in [0.25, 0.3) is 0 Å². The highest BCUT2D eigenvalue weighted by Gasteiger charge is 2.25. The predicted octanol–water partition coefficient (Wildman–Crippen LogP) is -0.0659. The first-order valence-electron chi connectivity index (χ1n) is 8.01. The van der Waals surface area contributed by atoms with E-state index in [0.29, 0.717) is 0 Å². The summed E-state index contributed by atoms with van der Waals surface area (Å²) in [7, 11) is -8.40. The van der Waals surface area contributed by atoms with E-state index in [1.807, 2.05) is 6.92 Å². The summed E-state index contributed by atoms with van der Waals surface area (Å²) >= 11 is 0. The van der Waals surface area contributed by atoms with E-state index in [-0.39, 0.29) is 30.5 Å². The fraction of sp³-hybridized carbons (Fsp3) is 0.333. The maximum absolute atomic E-state index is 13.0. The van der Waals surface area contributed by atoms with Crippen LogP contribution < -0.4 is 11.4 Å². The molecule has 1 heterocycles. The van der Waals surface area contributed by atoms with Crippen molar-refractivity contribution >= 4 is 23.4 Å². The quantitative estimate of drug-likeness (QED) is 0.363. The molecule has 0 aliphatic heterocycles. The zero-order valence-corrected chi connectivity index (χ0v) is 16.7. The molecule has 0 amide bonds. The topological polar surface area (TPSA) is 165 Å². The molecule has 1 aromatic heterocycles. The fourth-order valence-corrected chi connectivity index (χ4v) is 3.93. The number of nitrogen functional groups attached to an aromatic ring is 1. The van der Waals surface area contributed by atoms with Crippen LogP contribution in [0.15, 0.2) is 46.2 Å². The zero-order valence-electron chi connectivity index (χ0n) is 15.0. The summed E-state index contributed by atoms with van der Waals surface area (Å²) in [6.07, 6.45) is 0.466. The Morgan fingerprint density at radius 1 is 1.25 bits per heavy atom. The van der Waals surface area contributed by atoms with E-state index < -0.39 is 29.7 Å². The van der Waals surface area contributed by atoms with Crippen molar-refractivity contribution in [1.82, 2.24) is 13.9 Å². The van der Waals surface area contributed by atoms with E-state index in [9.17, 15) is 17.8 Å². The number of sulfonamides is 1. The summed E-state index contributed by atoms with van der Waals surface area (Å²) in [6, 6.07) is 7.47. The Morgan fingerprint density at radius 2 is 1.89 bits per heavy atom. The van der Waals surface area contributed by atoms with E-state index in [2.05, 4.69) is 4.98 Å². The predicted molar refractivity (Wildman–Crippen MR) is 101 cm³/mol. The van der Waals surface area contributed by atoms with E-state index in [0.717, 1.165) is 14.4 Å². The third-order valence-electron chi connectivity index (χ3n) is 3.61. The third kappa shape index (κ3) is 6.23. The summed E-state index contributed by atoms with van der Waals surface area (Å²) in [5.41, 5.74) is 5.57. The smallest absolute Gasteiger partial charge is 0.350 e. The summed E-state index contributed by atoms with van der Waals surface area (Å²) < 4.78 is 43.7. The largest absolute Gasteiger partial charge is 0.383 e. The Morgan fingerprint density at radius 3 is 2.46 bits per heavy atom. The lowest BCUT2D eigenvalue weighted by atomic mass is 10.2. The molecule has 1 aromatic carbocycles. The number of aromatic nitrogens is 2. The molecule has 0 aliphatic carbocycles. The lowest BCUT2D eigenvalue weighted by molar-refractivity contribution is 0.138. The average Bonchev–Trinajstić information content (AvgIpc) is 2.58. The number of nitrogens with zero attached hydrogens (tertiary/aromatic N) is 3. The summed E-state index contributed by atoms with van der Waals surface area (Å²) in [5, 5.41) is 0. The van der Waals surface area contributed by atoms with E-state index in [1.54, 1.807) is 12.1 Å². The van der Waals surface area contributed by atoms with Crippen molar-refractivity contribution in [2.45, 2.75) is 18.5 Å². The third-order valence-corrected chi connectivity index (χ3v) is 5.97. The minimum absolute atomic E-state index is 0.000769. The van der Waals surface area contributed by atoms with Gasteiger partial charge in [-0.1, -0.05) is 17.7 Å². The first-order valence-corrected chi connectivity index (χ1v) is 11.2. The van der Waals surface area contributed by atoms with Crippen molar-refractivity contribution in [2.75, 3.05) is 25.2 Å². The second-order valence-corrected chi connectivity index (χ2v) is 9.47. The molecular formula is C15H21N4O7PS. The molecule has 4 N–H and O–H groups in total. The standard InChI is InChI=1S/C15H21N4O7PS/c1-12-2-4-13(5-3-12)28(24,25)19(8-9-26-11-27(21,22)23)10-18-7-6-14(16)17-15(18)20/h2-7H,8-11H2,1H3,(H2,16,17,20)(H2,21,22,23). The average molecular weight is 432 g/mol. The van der Waals surface area contributed by atoms with Crippen LogP contribution in [-0.2, 0) is 26.0 Å². The molecule has 13 heteroatoms. The molecule has 0 aliphatic rings. The van der Waals surface area contributed by atoms with Crippen LogP contribution in [-0.4, -0.2) is 51.6 Å². The Bertz CT molecular complexity index is 1020. The van der Waals surface area contributed by atoms with Crippen molar-refractivity contribution in [3.8, 4) is 0 Å². The van der Waals surface area contributed by atoms with Gasteiger partial charge in [-0.3, -0.25) is 9.13 Å². The van der Waals surface area contributed by atoms with Crippen LogP contribution in [0.4, 0.5) is 5.82 Å². The number of rotatable bonds is 9. The highest BCUT2D eigenvalue weighted by Crippen LogP contribution is 2.33. The van der Waals surface area contributed by atoms with Crippen LogP contribution in [0.25, 0.3) is 0 Å². The van der Waals surface area contributed by atoms with Gasteiger partial charge in [-0.25, -0.2) is 13.2 Å². The molecule has 154 valence electrons. The number of ether oxygens (including phenoxy) is 1. The molecule has 2 aromatic rings. The van der Waals surface area contributed by atoms with Crippen LogP contribution in [0, 0.1) is 6.92 Å². The molecule has 0 unspecified atom stereocenters. The van der Waals surface area contributed by atoms with Crippen molar-refractivity contribution in [2.24, 2.45) is 0 Å². The molecule has 11 nitrogen and oxygen atoms in total. The molecule has 2 rings (SSSR count). The van der Waals surface area contributed by atoms with Crippen molar-refractivity contribution < 1.29 is 27.5 Å². The van der Waals surface area contributed by atoms with Gasteiger partial charge < -0.3 is 20.3 Å². The van der Waals surface area contributed by atoms with Crippen LogP contribution in [0.1, 0.15) is 5.56 Å². The molecule has 0 atom stereocenters. The van der Waals surface area contributed by atoms with Gasteiger partial charge in [-0.15, -0.1) is 0 Å². The van der Waals surface area contributed by atoms with Crippen LogP contribution in [0.5, 0.6) is 0 Å². The van der Waals surface area contributed by atoms with Gasteiger partial charge in [-0.2, -0.15) is 9.29 Å². The van der Waals surface area contributed by atoms with E-state index >= 15 is 0 Å². The summed E-state index contributed by atoms with van der Waals surface area (Å²) in [6.45, 7) is 0.908. The number of nitrogens with two attached hydrogens (primary N) is 1. The Balaban J connectivity index is 2.27. The van der Waals surface area contributed by atoms with Gasteiger partial charge in [0.1, 0.15) is 12.2 Å². The number of aryl methyl sites for hydroxylation is 1. The minimum atomic E-state index is -4.38. The molecule has 0 spiro atoms. The fourth-order valence-electron chi connectivity index (χ4n) is 2.20. The number of hydrogen-bond acceptors (Lipinski definition) is 7. The molecule has 0 radical (unpaired) electrons. The molecule has 0 saturated carbocycles. The second kappa shape index (κ2) is 8.95. The molecular weight excluding hydrogens is 411 g/mol. The van der Waals surface area contributed by atoms with Crippen molar-refractivity contribution in [3.63, 3.8) is 0 Å². The minimum Gasteiger partial charge on any atom is -0.383 e. The zero-order chi connectivity index (χ0) is 20.9. The lowest BCUT2D eigenvalue weighted by Crippen LogP contribution is -2.39. The van der Waals surface area contributed by atoms with Crippen LogP contribution in [0.3, 0.4) is 0 Å². The SMILES string of the molecule is Cc1ccc(S(=O)(=O)N(CCOCP(=O)(O)O)Cn2ccc(N)nc2=O)cc1. The van der Waals surface area contributed by atoms with E-state index in [1.165, 1.54) is 24.4 Å². The monoisotopic (exact) mass is 432 g/mol. The maximum atomic E-state index is 13.0. The summed E-state index contributed by atoms with van der Waals surface area (Å²) in [5.74, 6) is -0.000769. The molecule has 0 saturated heterocycles. The first kappa shape index (κ1) is 22.2. The second-order valence-electron chi connectivity index (χ2n) is 5.94. The van der Waals surface area contributed by atoms with Crippen LogP contribution in [0.2, 0.25) is 0 Å². The Hall–Kier alpha value is -2.08. The van der Waals surface area contributed by atoms with Gasteiger partial charge in [0.05, 0.1) is 18.2 Å². The number of hydrogen-bond donors (Lipinski definition) is 3. The summed E-state index contributed by atoms with van der Waals surface area (Å²) in [4.78, 5) is 33.2. The van der Waals surface area contributed by atoms with Gasteiger partial charge in [-0.05, 0) is 25.1 Å². The Kier molecular flexibility index (Phi) is 7.10. The van der Waals surface area contributed by atoms with Crippen LogP contribution >= 0.6 is 7.60 Å². The lowest BCUT2D eigenvalue weighted by Gasteiger charge is -2.23. The Labute approximate surface area is 161 Å². The van der Waals surface area contributed by atoms with Crippen molar-refractivity contribution in [1.29, 1.82) is 0 Å². The van der Waals surface area contributed by atoms with Gasteiger partial charge in [0.2, 0.25) is 10.0 Å². The van der Waals surface area contributed by atoms with E-state index in [4.69, 9.17) is 20.3 Å². The van der Waals surface area contributed by atoms with Crippen molar-refractivity contribution in [3.05, 3.63) is 52.6 Å². The van der Waals surface area contributed by atoms with Gasteiger partial charge in [0.15, 0.2) is 0 Å². The molecule has 0 bridgehead atoms. The number of benzene rings is 1. The number of anilines is 1. The maximum Gasteiger partial charge on any atom is 0.350 e. The highest BCUT2D eigenvalue weighted by molar-refractivity contribution is 7.89. The molecule has 28 heavy (non-hydrogen) atoms. The highest BCUT2D eigenvalue weighted by atomic mass is 32.2.